The Kier molecular flexibility index (Phi) is 3.88. The van der Waals surface area contributed by atoms with Crippen LogP contribution in [0.4, 0.5) is 0 Å². The van der Waals surface area contributed by atoms with Gasteiger partial charge < -0.3 is 15.2 Å². The summed E-state index contributed by atoms with van der Waals surface area (Å²) < 4.78 is 5.80. The molecule has 0 saturated heterocycles. The summed E-state index contributed by atoms with van der Waals surface area (Å²) in [4.78, 5) is 0. The van der Waals surface area contributed by atoms with E-state index in [-0.39, 0.29) is 6.10 Å². The highest BCUT2D eigenvalue weighted by molar-refractivity contribution is 5.12. The van der Waals surface area contributed by atoms with Crippen molar-refractivity contribution < 1.29 is 9.84 Å². The Morgan fingerprint density at radius 2 is 2.19 bits per heavy atom. The molecule has 0 radical (unpaired) electrons. The fourth-order valence-corrected chi connectivity index (χ4v) is 3.15. The average molecular weight is 227 g/mol. The van der Waals surface area contributed by atoms with Crippen LogP contribution in [0.25, 0.3) is 0 Å². The lowest BCUT2D eigenvalue weighted by Crippen LogP contribution is -2.67. The van der Waals surface area contributed by atoms with Crippen LogP contribution in [0.15, 0.2) is 0 Å². The Hall–Kier alpha value is -0.120. The predicted octanol–water partition coefficient (Wildman–Crippen LogP) is 1.69. The summed E-state index contributed by atoms with van der Waals surface area (Å²) in [5.74, 6) is 0. The van der Waals surface area contributed by atoms with Crippen LogP contribution < -0.4 is 5.32 Å². The maximum Gasteiger partial charge on any atom is 0.0662 e. The van der Waals surface area contributed by atoms with Crippen LogP contribution in [-0.2, 0) is 4.74 Å². The lowest BCUT2D eigenvalue weighted by Gasteiger charge is -2.61. The largest absolute Gasteiger partial charge is 0.392 e. The molecule has 0 aromatic rings. The maximum absolute atomic E-state index is 9.56. The van der Waals surface area contributed by atoms with E-state index in [0.29, 0.717) is 17.6 Å². The molecule has 0 aliphatic heterocycles. The number of ether oxygens (including phenoxy) is 1. The van der Waals surface area contributed by atoms with Crippen LogP contribution in [0.2, 0.25) is 0 Å². The van der Waals surface area contributed by atoms with Gasteiger partial charge in [0.05, 0.1) is 12.2 Å². The Balaban J connectivity index is 1.79. The Labute approximate surface area is 98.6 Å². The molecule has 3 unspecified atom stereocenters. The molecular formula is C13H25NO2. The summed E-state index contributed by atoms with van der Waals surface area (Å²) in [6.45, 7) is 5.67. The van der Waals surface area contributed by atoms with E-state index in [1.54, 1.807) is 0 Å². The molecule has 0 aromatic heterocycles. The third kappa shape index (κ3) is 2.01. The molecule has 2 fully saturated rings. The molecule has 1 spiro atoms. The van der Waals surface area contributed by atoms with Gasteiger partial charge in [-0.2, -0.15) is 0 Å². The minimum atomic E-state index is -0.191. The Morgan fingerprint density at radius 3 is 2.69 bits per heavy atom. The van der Waals surface area contributed by atoms with Crippen LogP contribution in [-0.4, -0.2) is 36.5 Å². The highest BCUT2D eigenvalue weighted by Crippen LogP contribution is 2.57. The zero-order chi connectivity index (χ0) is 11.6. The molecule has 2 rings (SSSR count). The van der Waals surface area contributed by atoms with Crippen molar-refractivity contribution in [3.8, 4) is 0 Å². The first-order chi connectivity index (χ1) is 7.73. The third-order valence-corrected chi connectivity index (χ3v) is 4.51. The van der Waals surface area contributed by atoms with Crippen molar-refractivity contribution in [2.75, 3.05) is 13.2 Å². The molecule has 3 nitrogen and oxygen atoms in total. The second-order valence-electron chi connectivity index (χ2n) is 5.29. The van der Waals surface area contributed by atoms with Crippen LogP contribution in [0.3, 0.4) is 0 Å². The van der Waals surface area contributed by atoms with Gasteiger partial charge >= 0.3 is 0 Å². The van der Waals surface area contributed by atoms with Crippen molar-refractivity contribution in [1.82, 2.24) is 5.32 Å². The fraction of sp³-hybridized carbons (Fsp3) is 1.00. The second-order valence-corrected chi connectivity index (χ2v) is 5.29. The van der Waals surface area contributed by atoms with Gasteiger partial charge in [0.1, 0.15) is 0 Å². The number of hydrogen-bond donors (Lipinski definition) is 2. The molecule has 0 bridgehead atoms. The molecule has 0 aromatic carbocycles. The van der Waals surface area contributed by atoms with Gasteiger partial charge in [-0.1, -0.05) is 13.3 Å². The van der Waals surface area contributed by atoms with E-state index in [9.17, 15) is 5.11 Å². The van der Waals surface area contributed by atoms with E-state index in [4.69, 9.17) is 4.74 Å². The lowest BCUT2D eigenvalue weighted by molar-refractivity contribution is -0.173. The Morgan fingerprint density at radius 1 is 1.44 bits per heavy atom. The minimum absolute atomic E-state index is 0.191. The molecular weight excluding hydrogens is 202 g/mol. The third-order valence-electron chi connectivity index (χ3n) is 4.51. The summed E-state index contributed by atoms with van der Waals surface area (Å²) in [6, 6.07) is 0.582. The molecule has 2 N–H and O–H groups in total. The summed E-state index contributed by atoms with van der Waals surface area (Å²) >= 11 is 0. The van der Waals surface area contributed by atoms with Gasteiger partial charge in [-0.25, -0.2) is 0 Å². The highest BCUT2D eigenvalue weighted by Gasteiger charge is 2.58. The van der Waals surface area contributed by atoms with E-state index >= 15 is 0 Å². The van der Waals surface area contributed by atoms with Crippen LogP contribution in [0, 0.1) is 5.41 Å². The Bertz CT molecular complexity index is 228. The van der Waals surface area contributed by atoms with Gasteiger partial charge in [0.2, 0.25) is 0 Å². The monoisotopic (exact) mass is 227 g/mol. The normalized spacial score (nSPS) is 33.2. The van der Waals surface area contributed by atoms with Crippen LogP contribution >= 0.6 is 0 Å². The average Bonchev–Trinajstić information content (AvgIpc) is 2.19. The molecule has 0 heterocycles. The minimum Gasteiger partial charge on any atom is -0.392 e. The van der Waals surface area contributed by atoms with Crippen molar-refractivity contribution in [3.05, 3.63) is 0 Å². The van der Waals surface area contributed by atoms with Crippen LogP contribution in [0.5, 0.6) is 0 Å². The van der Waals surface area contributed by atoms with E-state index < -0.39 is 0 Å². The fourth-order valence-electron chi connectivity index (χ4n) is 3.15. The van der Waals surface area contributed by atoms with Gasteiger partial charge in [0.15, 0.2) is 0 Å². The summed E-state index contributed by atoms with van der Waals surface area (Å²) in [5.41, 5.74) is 0.420. The van der Waals surface area contributed by atoms with Gasteiger partial charge in [-0.05, 0) is 32.6 Å². The SMILES string of the molecule is CCOC1CC(NCC(O)CC)C12CCC2. The van der Waals surface area contributed by atoms with Crippen molar-refractivity contribution in [3.63, 3.8) is 0 Å². The van der Waals surface area contributed by atoms with E-state index in [2.05, 4.69) is 12.2 Å². The van der Waals surface area contributed by atoms with Crippen molar-refractivity contribution in [2.45, 2.75) is 64.2 Å². The first-order valence-corrected chi connectivity index (χ1v) is 6.76. The topological polar surface area (TPSA) is 41.5 Å². The lowest BCUT2D eigenvalue weighted by atomic mass is 9.51. The van der Waals surface area contributed by atoms with Gasteiger partial charge in [-0.15, -0.1) is 0 Å². The summed E-state index contributed by atoms with van der Waals surface area (Å²) in [7, 11) is 0. The molecule has 2 aliphatic rings. The smallest absolute Gasteiger partial charge is 0.0662 e. The van der Waals surface area contributed by atoms with Crippen molar-refractivity contribution in [2.24, 2.45) is 5.41 Å². The van der Waals surface area contributed by atoms with Gasteiger partial charge in [-0.3, -0.25) is 0 Å². The molecule has 2 saturated carbocycles. The molecule has 0 amide bonds. The molecule has 3 atom stereocenters. The molecule has 2 aliphatic carbocycles. The van der Waals surface area contributed by atoms with Gasteiger partial charge in [0, 0.05) is 24.6 Å². The number of nitrogens with one attached hydrogen (secondary N) is 1. The maximum atomic E-state index is 9.56. The first kappa shape index (κ1) is 12.3. The first-order valence-electron chi connectivity index (χ1n) is 6.76. The second kappa shape index (κ2) is 5.03. The quantitative estimate of drug-likeness (QED) is 0.725. The molecule has 16 heavy (non-hydrogen) atoms. The van der Waals surface area contributed by atoms with Crippen LogP contribution in [0.1, 0.15) is 46.0 Å². The predicted molar refractivity (Wildman–Crippen MR) is 64.4 cm³/mol. The van der Waals surface area contributed by atoms with E-state index in [1.165, 1.54) is 19.3 Å². The molecule has 3 heteroatoms. The van der Waals surface area contributed by atoms with E-state index in [1.807, 2.05) is 6.92 Å². The number of aliphatic hydroxyl groups excluding tert-OH is 1. The van der Waals surface area contributed by atoms with Gasteiger partial charge in [0.25, 0.3) is 0 Å². The summed E-state index contributed by atoms with van der Waals surface area (Å²) in [5, 5.41) is 13.1. The van der Waals surface area contributed by atoms with Crippen molar-refractivity contribution in [1.29, 1.82) is 0 Å². The molecule has 94 valence electrons. The van der Waals surface area contributed by atoms with E-state index in [0.717, 1.165) is 26.0 Å². The number of aliphatic hydroxyl groups is 1. The van der Waals surface area contributed by atoms with Crippen molar-refractivity contribution >= 4 is 0 Å². The number of hydrogen-bond acceptors (Lipinski definition) is 3. The summed E-state index contributed by atoms with van der Waals surface area (Å²) in [6.07, 6.45) is 6.20. The zero-order valence-electron chi connectivity index (χ0n) is 10.5. The highest BCUT2D eigenvalue weighted by atomic mass is 16.5. The standard InChI is InChI=1S/C13H25NO2/c1-3-10(15)9-14-11-8-12(16-4-2)13(11)6-5-7-13/h10-12,14-15H,3-9H2,1-2H3. The number of rotatable bonds is 6. The zero-order valence-corrected chi connectivity index (χ0v) is 10.5.